The molecule has 14 heavy (non-hydrogen) atoms. The molecule has 0 aliphatic heterocycles. The predicted octanol–water partition coefficient (Wildman–Crippen LogP) is 1.60. The SMILES string of the molecule is CC(=O)c1ccc(OCS(C)=O)cc1. The van der Waals surface area contributed by atoms with Crippen LogP contribution in [0.5, 0.6) is 5.75 Å². The predicted molar refractivity (Wildman–Crippen MR) is 56.0 cm³/mol. The zero-order valence-electron chi connectivity index (χ0n) is 8.15. The molecule has 0 saturated carbocycles. The van der Waals surface area contributed by atoms with Crippen LogP contribution in [0.3, 0.4) is 0 Å². The molecule has 0 spiro atoms. The molecule has 4 heteroatoms. The van der Waals surface area contributed by atoms with Crippen molar-refractivity contribution < 1.29 is 13.7 Å². The zero-order valence-corrected chi connectivity index (χ0v) is 8.97. The molecular weight excluding hydrogens is 200 g/mol. The Kier molecular flexibility index (Phi) is 3.83. The van der Waals surface area contributed by atoms with Crippen molar-refractivity contribution in [2.45, 2.75) is 6.92 Å². The van der Waals surface area contributed by atoms with Gasteiger partial charge in [0.15, 0.2) is 11.7 Å². The van der Waals surface area contributed by atoms with E-state index in [1.165, 1.54) is 6.92 Å². The van der Waals surface area contributed by atoms with E-state index in [0.717, 1.165) is 0 Å². The van der Waals surface area contributed by atoms with Gasteiger partial charge >= 0.3 is 0 Å². The Hall–Kier alpha value is -1.16. The summed E-state index contributed by atoms with van der Waals surface area (Å²) in [6.07, 6.45) is 1.57. The highest BCUT2D eigenvalue weighted by Crippen LogP contribution is 2.12. The van der Waals surface area contributed by atoms with E-state index in [4.69, 9.17) is 4.74 Å². The average molecular weight is 212 g/mol. The molecule has 1 rings (SSSR count). The Balaban J connectivity index is 2.64. The smallest absolute Gasteiger partial charge is 0.162 e. The van der Waals surface area contributed by atoms with Crippen LogP contribution in [0, 0.1) is 0 Å². The minimum absolute atomic E-state index is 0.0237. The monoisotopic (exact) mass is 212 g/mol. The highest BCUT2D eigenvalue weighted by molar-refractivity contribution is 7.84. The molecule has 0 aliphatic rings. The van der Waals surface area contributed by atoms with Crippen LogP contribution >= 0.6 is 0 Å². The van der Waals surface area contributed by atoms with Gasteiger partial charge in [-0.3, -0.25) is 9.00 Å². The molecule has 0 radical (unpaired) electrons. The molecule has 0 aromatic heterocycles. The Morgan fingerprint density at radius 3 is 2.36 bits per heavy atom. The van der Waals surface area contributed by atoms with Crippen LogP contribution in [0.15, 0.2) is 24.3 Å². The summed E-state index contributed by atoms with van der Waals surface area (Å²) in [6.45, 7) is 1.51. The van der Waals surface area contributed by atoms with Gasteiger partial charge in [0.25, 0.3) is 0 Å². The van der Waals surface area contributed by atoms with Crippen molar-refractivity contribution in [2.24, 2.45) is 0 Å². The molecule has 76 valence electrons. The summed E-state index contributed by atoms with van der Waals surface area (Å²) in [5, 5.41) is 0. The lowest BCUT2D eigenvalue weighted by atomic mass is 10.1. The lowest BCUT2D eigenvalue weighted by Gasteiger charge is -2.03. The first-order valence-corrected chi connectivity index (χ1v) is 5.86. The van der Waals surface area contributed by atoms with E-state index in [-0.39, 0.29) is 11.7 Å². The summed E-state index contributed by atoms with van der Waals surface area (Å²) in [7, 11) is -0.969. The molecule has 0 saturated heterocycles. The highest BCUT2D eigenvalue weighted by Gasteiger charge is 1.99. The Labute approximate surface area is 85.5 Å². The van der Waals surface area contributed by atoms with Crippen molar-refractivity contribution in [3.63, 3.8) is 0 Å². The second kappa shape index (κ2) is 4.91. The third-order valence-corrected chi connectivity index (χ3v) is 2.10. The van der Waals surface area contributed by atoms with E-state index in [1.807, 2.05) is 0 Å². The van der Waals surface area contributed by atoms with E-state index in [2.05, 4.69) is 0 Å². The van der Waals surface area contributed by atoms with Gasteiger partial charge in [0.05, 0.1) is 10.8 Å². The van der Waals surface area contributed by atoms with Gasteiger partial charge in [-0.05, 0) is 31.2 Å². The third-order valence-electron chi connectivity index (χ3n) is 1.65. The van der Waals surface area contributed by atoms with E-state index < -0.39 is 10.8 Å². The number of ether oxygens (including phenoxy) is 1. The van der Waals surface area contributed by atoms with Crippen molar-refractivity contribution in [2.75, 3.05) is 12.2 Å². The van der Waals surface area contributed by atoms with Crippen molar-refractivity contribution in [1.82, 2.24) is 0 Å². The van der Waals surface area contributed by atoms with Crippen LogP contribution in [0.25, 0.3) is 0 Å². The van der Waals surface area contributed by atoms with Crippen LogP contribution in [-0.4, -0.2) is 22.2 Å². The molecule has 1 aromatic carbocycles. The van der Waals surface area contributed by atoms with E-state index >= 15 is 0 Å². The minimum atomic E-state index is -0.969. The van der Waals surface area contributed by atoms with Crippen LogP contribution in [0.2, 0.25) is 0 Å². The van der Waals surface area contributed by atoms with Gasteiger partial charge < -0.3 is 4.74 Å². The molecule has 1 atom stereocenters. The van der Waals surface area contributed by atoms with Crippen molar-refractivity contribution in [3.8, 4) is 5.75 Å². The van der Waals surface area contributed by atoms with Gasteiger partial charge in [0, 0.05) is 11.8 Å². The zero-order chi connectivity index (χ0) is 10.6. The van der Waals surface area contributed by atoms with E-state index in [0.29, 0.717) is 11.3 Å². The summed E-state index contributed by atoms with van der Waals surface area (Å²) in [6, 6.07) is 6.78. The molecule has 0 N–H and O–H groups in total. The summed E-state index contributed by atoms with van der Waals surface area (Å²) < 4.78 is 15.9. The minimum Gasteiger partial charge on any atom is -0.480 e. The number of benzene rings is 1. The summed E-state index contributed by atoms with van der Waals surface area (Å²) in [4.78, 5) is 10.9. The average Bonchev–Trinajstić information content (AvgIpc) is 2.15. The molecular formula is C10H12O3S. The molecule has 1 aromatic rings. The van der Waals surface area contributed by atoms with Crippen LogP contribution in [0.4, 0.5) is 0 Å². The van der Waals surface area contributed by atoms with Crippen molar-refractivity contribution in [3.05, 3.63) is 29.8 Å². The third kappa shape index (κ3) is 3.30. The molecule has 0 amide bonds. The largest absolute Gasteiger partial charge is 0.480 e. The van der Waals surface area contributed by atoms with E-state index in [9.17, 15) is 9.00 Å². The maximum atomic E-state index is 10.9. The Morgan fingerprint density at radius 1 is 1.36 bits per heavy atom. The van der Waals surface area contributed by atoms with Gasteiger partial charge in [-0.1, -0.05) is 0 Å². The van der Waals surface area contributed by atoms with Gasteiger partial charge in [-0.15, -0.1) is 0 Å². The second-order valence-corrected chi connectivity index (χ2v) is 4.30. The maximum absolute atomic E-state index is 10.9. The quantitative estimate of drug-likeness (QED) is 0.712. The normalized spacial score (nSPS) is 12.1. The first-order valence-electron chi connectivity index (χ1n) is 4.13. The molecule has 0 heterocycles. The summed E-state index contributed by atoms with van der Waals surface area (Å²) in [5.74, 6) is 0.834. The van der Waals surface area contributed by atoms with Crippen molar-refractivity contribution in [1.29, 1.82) is 0 Å². The molecule has 1 unspecified atom stereocenters. The number of ketones is 1. The van der Waals surface area contributed by atoms with Crippen LogP contribution in [0.1, 0.15) is 17.3 Å². The maximum Gasteiger partial charge on any atom is 0.162 e. The fourth-order valence-corrected chi connectivity index (χ4v) is 1.24. The number of hydrogen-bond acceptors (Lipinski definition) is 3. The first kappa shape index (κ1) is 10.9. The first-order chi connectivity index (χ1) is 6.59. The number of carbonyl (C=O) groups excluding carboxylic acids is 1. The fraction of sp³-hybridized carbons (Fsp3) is 0.300. The molecule has 0 fully saturated rings. The van der Waals surface area contributed by atoms with Gasteiger partial charge in [0.2, 0.25) is 0 Å². The molecule has 3 nitrogen and oxygen atoms in total. The van der Waals surface area contributed by atoms with Crippen LogP contribution < -0.4 is 4.74 Å². The topological polar surface area (TPSA) is 43.4 Å². The standard InChI is InChI=1S/C10H12O3S/c1-8(11)9-3-5-10(6-4-9)13-7-14(2)12/h3-6H,7H2,1-2H3. The Morgan fingerprint density at radius 2 is 1.93 bits per heavy atom. The van der Waals surface area contributed by atoms with Crippen LogP contribution in [-0.2, 0) is 10.8 Å². The Bertz CT molecular complexity index is 343. The van der Waals surface area contributed by atoms with Gasteiger partial charge in [-0.2, -0.15) is 0 Å². The van der Waals surface area contributed by atoms with Gasteiger partial charge in [-0.25, -0.2) is 0 Å². The molecule has 0 aliphatic carbocycles. The van der Waals surface area contributed by atoms with Crippen molar-refractivity contribution >= 4 is 16.6 Å². The number of carbonyl (C=O) groups is 1. The summed E-state index contributed by atoms with van der Waals surface area (Å²) >= 11 is 0. The van der Waals surface area contributed by atoms with E-state index in [1.54, 1.807) is 30.5 Å². The lowest BCUT2D eigenvalue weighted by Crippen LogP contribution is -2.03. The lowest BCUT2D eigenvalue weighted by molar-refractivity contribution is 0.101. The van der Waals surface area contributed by atoms with Gasteiger partial charge in [0.1, 0.15) is 5.75 Å². The number of rotatable bonds is 4. The second-order valence-electron chi connectivity index (χ2n) is 2.92. The summed E-state index contributed by atoms with van der Waals surface area (Å²) in [5.41, 5.74) is 0.648. The molecule has 0 bridgehead atoms. The fourth-order valence-electron chi connectivity index (χ4n) is 0.937. The number of Topliss-reactive ketones (excluding diaryl/α,β-unsaturated/α-hetero) is 1. The number of hydrogen-bond donors (Lipinski definition) is 0. The highest BCUT2D eigenvalue weighted by atomic mass is 32.2.